The van der Waals surface area contributed by atoms with Gasteiger partial charge in [0.15, 0.2) is 5.78 Å². The fourth-order valence-corrected chi connectivity index (χ4v) is 4.01. The standard InChI is InChI=1S/C22H28ClN3O4/c1-5-18-20(24-11-14(30-4)12-29-3)22(28)26(2)21(25-18)16-9-13-7-6-8-19(27)15(13)10-17(16)23/h9-10,14,24H,5-8,11-12H2,1-4H3. The molecule has 3 rings (SSSR count). The van der Waals surface area contributed by atoms with Crippen molar-refractivity contribution in [1.82, 2.24) is 9.55 Å². The number of aryl methyl sites for hydroxylation is 2. The number of hydrogen-bond acceptors (Lipinski definition) is 6. The predicted molar refractivity (Wildman–Crippen MR) is 118 cm³/mol. The van der Waals surface area contributed by atoms with Gasteiger partial charge in [-0.15, -0.1) is 0 Å². The number of carbonyl (C=O) groups excluding carboxylic acids is 1. The summed E-state index contributed by atoms with van der Waals surface area (Å²) >= 11 is 6.52. The molecule has 2 aromatic rings. The molecular formula is C22H28ClN3O4. The van der Waals surface area contributed by atoms with Crippen LogP contribution in [0.1, 0.15) is 41.4 Å². The van der Waals surface area contributed by atoms with Crippen LogP contribution >= 0.6 is 11.6 Å². The molecule has 0 saturated carbocycles. The van der Waals surface area contributed by atoms with Gasteiger partial charge in [0, 0.05) is 45.4 Å². The SMILES string of the molecule is CCc1nc(-c2cc3c(cc2Cl)C(=O)CCC3)n(C)c(=O)c1NCC(COC)OC. The number of methoxy groups -OCH3 is 2. The van der Waals surface area contributed by atoms with Crippen LogP contribution in [0.4, 0.5) is 5.69 Å². The number of carbonyl (C=O) groups is 1. The van der Waals surface area contributed by atoms with Crippen molar-refractivity contribution in [2.75, 3.05) is 32.7 Å². The highest BCUT2D eigenvalue weighted by Gasteiger charge is 2.23. The van der Waals surface area contributed by atoms with Gasteiger partial charge in [0.05, 0.1) is 23.4 Å². The zero-order chi connectivity index (χ0) is 21.8. The van der Waals surface area contributed by atoms with Gasteiger partial charge in [0.2, 0.25) is 0 Å². The second kappa shape index (κ2) is 9.73. The number of halogens is 1. The molecule has 0 saturated heterocycles. The fraction of sp³-hybridized carbons (Fsp3) is 0.500. The lowest BCUT2D eigenvalue weighted by Gasteiger charge is -2.20. The lowest BCUT2D eigenvalue weighted by molar-refractivity contribution is 0.0365. The Balaban J connectivity index is 2.03. The van der Waals surface area contributed by atoms with Crippen molar-refractivity contribution in [1.29, 1.82) is 0 Å². The molecule has 162 valence electrons. The maximum Gasteiger partial charge on any atom is 0.277 e. The summed E-state index contributed by atoms with van der Waals surface area (Å²) < 4.78 is 12.0. The molecule has 1 N–H and O–H groups in total. The molecule has 1 aliphatic carbocycles. The molecule has 1 atom stereocenters. The number of hydrogen-bond donors (Lipinski definition) is 1. The highest BCUT2D eigenvalue weighted by atomic mass is 35.5. The van der Waals surface area contributed by atoms with E-state index in [1.807, 2.05) is 13.0 Å². The van der Waals surface area contributed by atoms with Gasteiger partial charge in [-0.2, -0.15) is 0 Å². The zero-order valence-electron chi connectivity index (χ0n) is 17.9. The third-order valence-electron chi connectivity index (χ3n) is 5.48. The molecule has 0 spiro atoms. The summed E-state index contributed by atoms with van der Waals surface area (Å²) in [6.45, 7) is 2.79. The number of nitrogens with one attached hydrogen (secondary N) is 1. The quantitative estimate of drug-likeness (QED) is 0.688. The van der Waals surface area contributed by atoms with Crippen LogP contribution in [0.2, 0.25) is 5.02 Å². The van der Waals surface area contributed by atoms with Crippen LogP contribution < -0.4 is 10.9 Å². The third-order valence-corrected chi connectivity index (χ3v) is 5.79. The number of nitrogens with zero attached hydrogens (tertiary/aromatic N) is 2. The molecule has 0 amide bonds. The number of Topliss-reactive ketones (excluding diaryl/α,β-unsaturated/α-hetero) is 1. The van der Waals surface area contributed by atoms with Gasteiger partial charge in [0.1, 0.15) is 11.5 Å². The third kappa shape index (κ3) is 4.43. The van der Waals surface area contributed by atoms with Gasteiger partial charge in [-0.25, -0.2) is 4.98 Å². The molecule has 1 heterocycles. The van der Waals surface area contributed by atoms with Crippen molar-refractivity contribution in [3.05, 3.63) is 44.3 Å². The summed E-state index contributed by atoms with van der Waals surface area (Å²) in [7, 11) is 4.89. The summed E-state index contributed by atoms with van der Waals surface area (Å²) in [5.41, 5.74) is 3.23. The highest BCUT2D eigenvalue weighted by molar-refractivity contribution is 6.33. The molecule has 1 aromatic carbocycles. The summed E-state index contributed by atoms with van der Waals surface area (Å²) in [6, 6.07) is 3.62. The first kappa shape index (κ1) is 22.5. The van der Waals surface area contributed by atoms with Crippen LogP contribution in [0.5, 0.6) is 0 Å². The van der Waals surface area contributed by atoms with Crippen LogP contribution in [-0.2, 0) is 29.4 Å². The fourth-order valence-electron chi connectivity index (χ4n) is 3.76. The molecule has 30 heavy (non-hydrogen) atoms. The first-order valence-corrected chi connectivity index (χ1v) is 10.5. The van der Waals surface area contributed by atoms with Crippen molar-refractivity contribution in [2.24, 2.45) is 7.05 Å². The Morgan fingerprint density at radius 1 is 1.23 bits per heavy atom. The first-order chi connectivity index (χ1) is 14.4. The first-order valence-electron chi connectivity index (χ1n) is 10.1. The topological polar surface area (TPSA) is 82.5 Å². The average molecular weight is 434 g/mol. The Bertz CT molecular complexity index is 1000. The Morgan fingerprint density at radius 2 is 2.00 bits per heavy atom. The smallest absolute Gasteiger partial charge is 0.277 e. The molecular weight excluding hydrogens is 406 g/mol. The van der Waals surface area contributed by atoms with E-state index in [-0.39, 0.29) is 17.4 Å². The van der Waals surface area contributed by atoms with E-state index in [1.54, 1.807) is 27.3 Å². The minimum atomic E-state index is -0.186. The number of fused-ring (bicyclic) bond motifs is 1. The van der Waals surface area contributed by atoms with Crippen molar-refractivity contribution in [2.45, 2.75) is 38.7 Å². The summed E-state index contributed by atoms with van der Waals surface area (Å²) in [5, 5.41) is 3.60. The van der Waals surface area contributed by atoms with Gasteiger partial charge >= 0.3 is 0 Å². The van der Waals surface area contributed by atoms with E-state index >= 15 is 0 Å². The monoisotopic (exact) mass is 433 g/mol. The van der Waals surface area contributed by atoms with Crippen LogP contribution in [-0.4, -0.2) is 48.8 Å². The Kier molecular flexibility index (Phi) is 7.28. The van der Waals surface area contributed by atoms with Gasteiger partial charge in [-0.3, -0.25) is 14.2 Å². The highest BCUT2D eigenvalue weighted by Crippen LogP contribution is 2.33. The van der Waals surface area contributed by atoms with Crippen LogP contribution in [0.15, 0.2) is 16.9 Å². The van der Waals surface area contributed by atoms with Crippen molar-refractivity contribution >= 4 is 23.1 Å². The molecule has 1 aliphatic rings. The molecule has 7 nitrogen and oxygen atoms in total. The summed E-state index contributed by atoms with van der Waals surface area (Å²) in [5.74, 6) is 0.609. The largest absolute Gasteiger partial charge is 0.382 e. The molecule has 8 heteroatoms. The van der Waals surface area contributed by atoms with Crippen LogP contribution in [0, 0.1) is 0 Å². The van der Waals surface area contributed by atoms with Crippen LogP contribution in [0.25, 0.3) is 11.4 Å². The Hall–Kier alpha value is -2.22. The maximum absolute atomic E-state index is 13.1. The molecule has 0 bridgehead atoms. The van der Waals surface area contributed by atoms with Gasteiger partial charge in [-0.05, 0) is 37.0 Å². The Morgan fingerprint density at radius 3 is 2.67 bits per heavy atom. The minimum Gasteiger partial charge on any atom is -0.382 e. The summed E-state index contributed by atoms with van der Waals surface area (Å²) in [4.78, 5) is 30.1. The lowest BCUT2D eigenvalue weighted by Crippen LogP contribution is -2.32. The zero-order valence-corrected chi connectivity index (χ0v) is 18.6. The van der Waals surface area contributed by atoms with Gasteiger partial charge < -0.3 is 14.8 Å². The average Bonchev–Trinajstić information content (AvgIpc) is 2.74. The summed E-state index contributed by atoms with van der Waals surface area (Å²) in [6.07, 6.45) is 2.58. The van der Waals surface area contributed by atoms with Crippen molar-refractivity contribution < 1.29 is 14.3 Å². The molecule has 1 unspecified atom stereocenters. The number of anilines is 1. The van der Waals surface area contributed by atoms with Gasteiger partial charge in [0.25, 0.3) is 5.56 Å². The van der Waals surface area contributed by atoms with Crippen molar-refractivity contribution in [3.63, 3.8) is 0 Å². The van der Waals surface area contributed by atoms with E-state index in [4.69, 9.17) is 26.1 Å². The van der Waals surface area contributed by atoms with Crippen LogP contribution in [0.3, 0.4) is 0 Å². The molecule has 0 fully saturated rings. The lowest BCUT2D eigenvalue weighted by atomic mass is 9.89. The second-order valence-electron chi connectivity index (χ2n) is 7.43. The Labute approximate surface area is 181 Å². The number of aromatic nitrogens is 2. The van der Waals surface area contributed by atoms with E-state index < -0.39 is 0 Å². The van der Waals surface area contributed by atoms with Gasteiger partial charge in [-0.1, -0.05) is 18.5 Å². The van der Waals surface area contributed by atoms with Crippen molar-refractivity contribution in [3.8, 4) is 11.4 Å². The molecule has 0 aliphatic heterocycles. The number of benzene rings is 1. The van der Waals surface area contributed by atoms with E-state index in [0.29, 0.717) is 59.3 Å². The van der Waals surface area contributed by atoms with E-state index in [2.05, 4.69) is 5.32 Å². The van der Waals surface area contributed by atoms with E-state index in [9.17, 15) is 9.59 Å². The normalized spacial score (nSPS) is 14.5. The second-order valence-corrected chi connectivity index (χ2v) is 7.84. The van der Waals surface area contributed by atoms with E-state index in [0.717, 1.165) is 18.4 Å². The maximum atomic E-state index is 13.1. The predicted octanol–water partition coefficient (Wildman–Crippen LogP) is 3.26. The minimum absolute atomic E-state index is 0.115. The number of rotatable bonds is 8. The number of ether oxygens (including phenoxy) is 2. The number of ketones is 1. The molecule has 1 aromatic heterocycles. The molecule has 0 radical (unpaired) electrons. The van der Waals surface area contributed by atoms with E-state index in [1.165, 1.54) is 4.57 Å².